The van der Waals surface area contributed by atoms with Crippen molar-refractivity contribution >= 4 is 29.7 Å². The van der Waals surface area contributed by atoms with Gasteiger partial charge in [-0.05, 0) is 0 Å². The van der Waals surface area contributed by atoms with Crippen LogP contribution in [0, 0.1) is 5.21 Å². The number of pyridine rings is 1. The van der Waals surface area contributed by atoms with Gasteiger partial charge in [-0.25, -0.2) is 0 Å². The van der Waals surface area contributed by atoms with Gasteiger partial charge in [0, 0.05) is 43.8 Å². The van der Waals surface area contributed by atoms with Crippen LogP contribution in [-0.2, 0) is 0 Å². The fraction of sp³-hybridized carbons (Fsp3) is 0.400. The molecule has 7 nitrogen and oxygen atoms in total. The zero-order valence-corrected chi connectivity index (χ0v) is 10.4. The van der Waals surface area contributed by atoms with E-state index < -0.39 is 0 Å². The predicted molar refractivity (Wildman–Crippen MR) is 65.6 cm³/mol. The lowest BCUT2D eigenvalue weighted by molar-refractivity contribution is -0.584. The average molecular weight is 235 g/mol. The zero-order chi connectivity index (χ0) is 12.7. The summed E-state index contributed by atoms with van der Waals surface area (Å²) in [7, 11) is 7.60. The van der Waals surface area contributed by atoms with Gasteiger partial charge in [0.2, 0.25) is 0 Å². The van der Waals surface area contributed by atoms with Gasteiger partial charge >= 0.3 is 11.5 Å². The minimum absolute atomic E-state index is 0.272. The van der Waals surface area contributed by atoms with Gasteiger partial charge in [0.15, 0.2) is 12.5 Å². The van der Waals surface area contributed by atoms with Crippen LogP contribution in [0.2, 0.25) is 0 Å². The molecule has 17 heavy (non-hydrogen) atoms. The molecule has 0 bridgehead atoms. The molecule has 0 fully saturated rings. The van der Waals surface area contributed by atoms with Gasteiger partial charge in [-0.15, -0.1) is 0 Å². The van der Waals surface area contributed by atoms with Crippen LogP contribution in [-0.4, -0.2) is 49.4 Å². The maximum atomic E-state index is 11.5. The van der Waals surface area contributed by atoms with Gasteiger partial charge in [0.1, 0.15) is 0 Å². The molecule has 0 aromatic carbocycles. The van der Waals surface area contributed by atoms with Gasteiger partial charge in [-0.2, -0.15) is 4.98 Å². The smallest absolute Gasteiger partial charge is 0.423 e. The SMILES string of the molecule is C=[N+]1N=[N+]([O-])c2nc(N(C)C)c(N(C)C)cc21. The minimum atomic E-state index is 0.272. The Morgan fingerprint density at radius 2 is 1.88 bits per heavy atom. The number of hydrogen-bond acceptors (Lipinski definition) is 5. The molecule has 0 amide bonds. The van der Waals surface area contributed by atoms with Crippen molar-refractivity contribution < 1.29 is 9.55 Å². The van der Waals surface area contributed by atoms with Crippen molar-refractivity contribution in [1.82, 2.24) is 4.98 Å². The lowest BCUT2D eigenvalue weighted by Crippen LogP contribution is -2.18. The van der Waals surface area contributed by atoms with Crippen molar-refractivity contribution in [2.24, 2.45) is 5.22 Å². The highest BCUT2D eigenvalue weighted by molar-refractivity contribution is 5.73. The molecule has 0 saturated carbocycles. The summed E-state index contributed by atoms with van der Waals surface area (Å²) in [6, 6.07) is 1.85. The van der Waals surface area contributed by atoms with Gasteiger partial charge < -0.3 is 15.0 Å². The third kappa shape index (κ3) is 1.69. The molecule has 0 atom stereocenters. The second kappa shape index (κ2) is 3.69. The van der Waals surface area contributed by atoms with Crippen molar-refractivity contribution in [2.75, 3.05) is 38.0 Å². The molecule has 1 aromatic rings. The van der Waals surface area contributed by atoms with Crippen molar-refractivity contribution in [2.45, 2.75) is 0 Å². The molecule has 1 aromatic heterocycles. The van der Waals surface area contributed by atoms with E-state index in [1.54, 1.807) is 0 Å². The molecule has 2 rings (SSSR count). The van der Waals surface area contributed by atoms with Crippen molar-refractivity contribution in [3.8, 4) is 0 Å². The lowest BCUT2D eigenvalue weighted by atomic mass is 10.3. The summed E-state index contributed by atoms with van der Waals surface area (Å²) in [4.78, 5) is 8.60. The molecule has 7 heteroatoms. The molecule has 1 aliphatic rings. The van der Waals surface area contributed by atoms with E-state index in [4.69, 9.17) is 0 Å². The largest absolute Gasteiger partial charge is 0.588 e. The summed E-state index contributed by atoms with van der Waals surface area (Å²) in [5.74, 6) is 0.995. The predicted octanol–water partition coefficient (Wildman–Crippen LogP) is 1.08. The van der Waals surface area contributed by atoms with Gasteiger partial charge in [-0.1, -0.05) is 0 Å². The van der Waals surface area contributed by atoms with Crippen LogP contribution in [0.15, 0.2) is 11.3 Å². The molecule has 0 radical (unpaired) electrons. The summed E-state index contributed by atoms with van der Waals surface area (Å²) in [6.07, 6.45) is 0. The average Bonchev–Trinajstić information content (AvgIpc) is 2.52. The maximum absolute atomic E-state index is 11.5. The fourth-order valence-electron chi connectivity index (χ4n) is 1.65. The van der Waals surface area contributed by atoms with E-state index in [0.29, 0.717) is 10.5 Å². The third-order valence-electron chi connectivity index (χ3n) is 2.50. The first-order chi connectivity index (χ1) is 7.91. The Hall–Kier alpha value is -2.18. The molecule has 1 aliphatic heterocycles. The first-order valence-corrected chi connectivity index (χ1v) is 5.11. The van der Waals surface area contributed by atoms with Crippen LogP contribution < -0.4 is 9.80 Å². The van der Waals surface area contributed by atoms with E-state index in [0.717, 1.165) is 11.5 Å². The standard InChI is InChI=1S/C10H15N6O/c1-13(2)7-6-8-10(11-9(7)14(3)4)16(17)12-15(8)5/h6H,5H2,1-4H3/q+1. The Morgan fingerprint density at radius 1 is 1.24 bits per heavy atom. The Bertz CT molecular complexity index is 520. The highest BCUT2D eigenvalue weighted by atomic mass is 16.5. The van der Waals surface area contributed by atoms with Crippen LogP contribution in [0.4, 0.5) is 23.0 Å². The molecule has 0 N–H and O–H groups in total. The third-order valence-corrected chi connectivity index (χ3v) is 2.50. The highest BCUT2D eigenvalue weighted by Gasteiger charge is 2.36. The monoisotopic (exact) mass is 235 g/mol. The number of nitrogens with zero attached hydrogens (tertiary/aromatic N) is 6. The lowest BCUT2D eigenvalue weighted by Gasteiger charge is -2.20. The van der Waals surface area contributed by atoms with Crippen LogP contribution in [0.5, 0.6) is 0 Å². The second-order valence-corrected chi connectivity index (χ2v) is 4.22. The van der Waals surface area contributed by atoms with E-state index in [1.807, 2.05) is 44.1 Å². The summed E-state index contributed by atoms with van der Waals surface area (Å²) < 4.78 is 1.28. The van der Waals surface area contributed by atoms with Crippen LogP contribution in [0.1, 0.15) is 0 Å². The van der Waals surface area contributed by atoms with Crippen LogP contribution in [0.3, 0.4) is 0 Å². The first-order valence-electron chi connectivity index (χ1n) is 5.11. The van der Waals surface area contributed by atoms with Gasteiger partial charge in [0.05, 0.1) is 5.69 Å². The Morgan fingerprint density at radius 3 is 2.41 bits per heavy atom. The van der Waals surface area contributed by atoms with E-state index in [-0.39, 0.29) is 5.82 Å². The summed E-state index contributed by atoms with van der Waals surface area (Å²) in [5.41, 5.74) is 1.52. The van der Waals surface area contributed by atoms with Crippen molar-refractivity contribution in [3.05, 3.63) is 11.3 Å². The van der Waals surface area contributed by atoms with E-state index in [1.165, 1.54) is 4.68 Å². The molecular formula is C10H15N6O+. The number of hydrogen-bond donors (Lipinski definition) is 0. The van der Waals surface area contributed by atoms with Crippen molar-refractivity contribution in [3.63, 3.8) is 0 Å². The number of anilines is 2. The molecule has 0 unspecified atom stereocenters. The first kappa shape index (κ1) is 11.3. The molecule has 0 spiro atoms. The quantitative estimate of drug-likeness (QED) is 0.568. The maximum Gasteiger partial charge on any atom is 0.423 e. The highest BCUT2D eigenvalue weighted by Crippen LogP contribution is 2.38. The zero-order valence-electron chi connectivity index (χ0n) is 10.4. The van der Waals surface area contributed by atoms with Crippen LogP contribution in [0.25, 0.3) is 0 Å². The van der Waals surface area contributed by atoms with E-state index in [2.05, 4.69) is 16.9 Å². The van der Waals surface area contributed by atoms with E-state index >= 15 is 0 Å². The Balaban J connectivity index is 2.67. The number of rotatable bonds is 2. The number of fused-ring (bicyclic) bond motifs is 1. The molecule has 0 saturated heterocycles. The Kier molecular flexibility index (Phi) is 2.45. The van der Waals surface area contributed by atoms with E-state index in [9.17, 15) is 5.21 Å². The molecule has 2 heterocycles. The topological polar surface area (TPSA) is 60.8 Å². The van der Waals surface area contributed by atoms with Gasteiger partial charge in [0.25, 0.3) is 5.22 Å². The second-order valence-electron chi connectivity index (χ2n) is 4.22. The number of aromatic nitrogens is 1. The summed E-state index contributed by atoms with van der Waals surface area (Å²) in [5, 5.41) is 15.2. The van der Waals surface area contributed by atoms with Gasteiger partial charge in [-0.3, -0.25) is 0 Å². The minimum Gasteiger partial charge on any atom is -0.588 e. The summed E-state index contributed by atoms with van der Waals surface area (Å²) >= 11 is 0. The molecule has 0 aliphatic carbocycles. The normalized spacial score (nSPS) is 13.4. The van der Waals surface area contributed by atoms with Crippen molar-refractivity contribution in [1.29, 1.82) is 0 Å². The molecule has 90 valence electrons. The fourth-order valence-corrected chi connectivity index (χ4v) is 1.65. The Labute approximate surface area is 99.5 Å². The van der Waals surface area contributed by atoms with Crippen LogP contribution >= 0.6 is 0 Å². The summed E-state index contributed by atoms with van der Waals surface area (Å²) in [6.45, 7) is 3.66. The molecular weight excluding hydrogens is 220 g/mol.